The Morgan fingerprint density at radius 3 is 2.68 bits per heavy atom. The van der Waals surface area contributed by atoms with E-state index in [0.717, 1.165) is 32.0 Å². The van der Waals surface area contributed by atoms with E-state index in [1.165, 1.54) is 12.1 Å². The standard InChI is InChI=1S/C13H13F2N3O/c14-10-4-9(5-11(15)6-10)13-17-12(18-19-13)8-2-1-3-16-7-8/h4-6,8,16H,1-3,7H2. The van der Waals surface area contributed by atoms with Crippen molar-refractivity contribution >= 4 is 0 Å². The maximum Gasteiger partial charge on any atom is 0.258 e. The van der Waals surface area contributed by atoms with Crippen LogP contribution in [-0.2, 0) is 0 Å². The normalized spacial score (nSPS) is 19.6. The number of benzene rings is 1. The lowest BCUT2D eigenvalue weighted by molar-refractivity contribution is 0.393. The van der Waals surface area contributed by atoms with Gasteiger partial charge in [0, 0.05) is 24.1 Å². The van der Waals surface area contributed by atoms with Gasteiger partial charge in [-0.25, -0.2) is 8.78 Å². The van der Waals surface area contributed by atoms with E-state index in [0.29, 0.717) is 5.82 Å². The summed E-state index contributed by atoms with van der Waals surface area (Å²) >= 11 is 0. The van der Waals surface area contributed by atoms with Crippen LogP contribution in [0.3, 0.4) is 0 Å². The highest BCUT2D eigenvalue weighted by atomic mass is 19.1. The first-order valence-corrected chi connectivity index (χ1v) is 6.23. The van der Waals surface area contributed by atoms with Crippen molar-refractivity contribution in [3.63, 3.8) is 0 Å². The molecule has 0 spiro atoms. The molecule has 1 saturated heterocycles. The lowest BCUT2D eigenvalue weighted by atomic mass is 9.99. The summed E-state index contributed by atoms with van der Waals surface area (Å²) in [6, 6.07) is 3.17. The van der Waals surface area contributed by atoms with Gasteiger partial charge in [0.1, 0.15) is 11.6 Å². The highest BCUT2D eigenvalue weighted by Gasteiger charge is 2.21. The van der Waals surface area contributed by atoms with Crippen molar-refractivity contribution in [2.24, 2.45) is 0 Å². The highest BCUT2D eigenvalue weighted by Crippen LogP contribution is 2.25. The number of hydrogen-bond acceptors (Lipinski definition) is 4. The van der Waals surface area contributed by atoms with Crippen molar-refractivity contribution in [2.75, 3.05) is 13.1 Å². The number of rotatable bonds is 2. The van der Waals surface area contributed by atoms with Gasteiger partial charge in [-0.3, -0.25) is 0 Å². The van der Waals surface area contributed by atoms with Gasteiger partial charge in [0.25, 0.3) is 5.89 Å². The Hall–Kier alpha value is -1.82. The molecule has 1 aromatic carbocycles. The van der Waals surface area contributed by atoms with Gasteiger partial charge < -0.3 is 9.84 Å². The second kappa shape index (κ2) is 5.05. The molecule has 0 amide bonds. The van der Waals surface area contributed by atoms with Gasteiger partial charge in [0.2, 0.25) is 0 Å². The highest BCUT2D eigenvalue weighted by molar-refractivity contribution is 5.52. The summed E-state index contributed by atoms with van der Waals surface area (Å²) in [7, 11) is 0. The molecule has 1 atom stereocenters. The molecule has 2 heterocycles. The zero-order valence-corrected chi connectivity index (χ0v) is 10.2. The number of piperidine rings is 1. The second-order valence-corrected chi connectivity index (χ2v) is 4.66. The van der Waals surface area contributed by atoms with Crippen LogP contribution in [-0.4, -0.2) is 23.2 Å². The second-order valence-electron chi connectivity index (χ2n) is 4.66. The monoisotopic (exact) mass is 265 g/mol. The van der Waals surface area contributed by atoms with Gasteiger partial charge in [-0.15, -0.1) is 0 Å². The van der Waals surface area contributed by atoms with Crippen LogP contribution in [0.4, 0.5) is 8.78 Å². The predicted molar refractivity (Wildman–Crippen MR) is 64.5 cm³/mol. The third kappa shape index (κ3) is 2.63. The summed E-state index contributed by atoms with van der Waals surface area (Å²) in [4.78, 5) is 4.24. The Morgan fingerprint density at radius 2 is 2.00 bits per heavy atom. The first-order chi connectivity index (χ1) is 9.22. The maximum absolute atomic E-state index is 13.1. The zero-order chi connectivity index (χ0) is 13.2. The van der Waals surface area contributed by atoms with Crippen molar-refractivity contribution in [1.82, 2.24) is 15.5 Å². The SMILES string of the molecule is Fc1cc(F)cc(-c2nc(C3CCCNC3)no2)c1. The summed E-state index contributed by atoms with van der Waals surface area (Å²) in [5, 5.41) is 7.16. The van der Waals surface area contributed by atoms with Crippen LogP contribution in [0.1, 0.15) is 24.6 Å². The zero-order valence-electron chi connectivity index (χ0n) is 10.2. The quantitative estimate of drug-likeness (QED) is 0.906. The average molecular weight is 265 g/mol. The summed E-state index contributed by atoms with van der Waals surface area (Å²) < 4.78 is 31.4. The summed E-state index contributed by atoms with van der Waals surface area (Å²) in [5.41, 5.74) is 0.264. The minimum absolute atomic E-state index is 0.152. The molecule has 1 N–H and O–H groups in total. The van der Waals surface area contributed by atoms with Crippen LogP contribution in [0, 0.1) is 11.6 Å². The molecule has 0 radical (unpaired) electrons. The minimum atomic E-state index is -0.658. The van der Waals surface area contributed by atoms with Crippen LogP contribution in [0.15, 0.2) is 22.7 Å². The topological polar surface area (TPSA) is 51.0 Å². The van der Waals surface area contributed by atoms with E-state index >= 15 is 0 Å². The molecule has 19 heavy (non-hydrogen) atoms. The van der Waals surface area contributed by atoms with Gasteiger partial charge in [0.15, 0.2) is 5.82 Å². The summed E-state index contributed by atoms with van der Waals surface area (Å²) in [5.74, 6) is -0.376. The average Bonchev–Trinajstić information content (AvgIpc) is 2.88. The van der Waals surface area contributed by atoms with E-state index in [1.807, 2.05) is 0 Å². The van der Waals surface area contributed by atoms with E-state index in [-0.39, 0.29) is 17.4 Å². The Labute approximate surface area is 108 Å². The van der Waals surface area contributed by atoms with E-state index in [4.69, 9.17) is 4.52 Å². The molecule has 1 aliphatic rings. The number of hydrogen-bond donors (Lipinski definition) is 1. The first-order valence-electron chi connectivity index (χ1n) is 6.23. The molecule has 3 rings (SSSR count). The molecule has 2 aromatic rings. The summed E-state index contributed by atoms with van der Waals surface area (Å²) in [6.45, 7) is 1.80. The van der Waals surface area contributed by atoms with Crippen molar-refractivity contribution in [1.29, 1.82) is 0 Å². The van der Waals surface area contributed by atoms with Gasteiger partial charge in [-0.05, 0) is 31.5 Å². The first kappa shape index (κ1) is 12.2. The largest absolute Gasteiger partial charge is 0.334 e. The van der Waals surface area contributed by atoms with Crippen LogP contribution in [0.2, 0.25) is 0 Å². The van der Waals surface area contributed by atoms with Crippen LogP contribution in [0.5, 0.6) is 0 Å². The molecule has 0 saturated carbocycles. The molecule has 1 aliphatic heterocycles. The predicted octanol–water partition coefficient (Wildman–Crippen LogP) is 2.48. The molecular formula is C13H13F2N3O. The van der Waals surface area contributed by atoms with Gasteiger partial charge in [-0.1, -0.05) is 5.16 Å². The molecular weight excluding hydrogens is 252 g/mol. The number of nitrogens with one attached hydrogen (secondary N) is 1. The van der Waals surface area contributed by atoms with E-state index in [9.17, 15) is 8.78 Å². The molecule has 4 nitrogen and oxygen atoms in total. The molecule has 100 valence electrons. The third-order valence-corrected chi connectivity index (χ3v) is 3.21. The van der Waals surface area contributed by atoms with E-state index in [1.54, 1.807) is 0 Å². The van der Waals surface area contributed by atoms with Gasteiger partial charge in [0.05, 0.1) is 0 Å². The van der Waals surface area contributed by atoms with Crippen molar-refractivity contribution in [3.05, 3.63) is 35.7 Å². The lowest BCUT2D eigenvalue weighted by Gasteiger charge is -2.19. The maximum atomic E-state index is 13.1. The fourth-order valence-corrected chi connectivity index (χ4v) is 2.27. The van der Waals surface area contributed by atoms with Crippen molar-refractivity contribution in [3.8, 4) is 11.5 Å². The number of nitrogens with zero attached hydrogens (tertiary/aromatic N) is 2. The Kier molecular flexibility index (Phi) is 3.25. The smallest absolute Gasteiger partial charge is 0.258 e. The van der Waals surface area contributed by atoms with E-state index < -0.39 is 11.6 Å². The van der Waals surface area contributed by atoms with Gasteiger partial charge in [-0.2, -0.15) is 4.98 Å². The van der Waals surface area contributed by atoms with Crippen molar-refractivity contribution < 1.29 is 13.3 Å². The molecule has 6 heteroatoms. The minimum Gasteiger partial charge on any atom is -0.334 e. The molecule has 1 unspecified atom stereocenters. The molecule has 0 aliphatic carbocycles. The summed E-state index contributed by atoms with van der Waals surface area (Å²) in [6.07, 6.45) is 2.05. The molecule has 0 bridgehead atoms. The Morgan fingerprint density at radius 1 is 1.21 bits per heavy atom. The van der Waals surface area contributed by atoms with Crippen LogP contribution < -0.4 is 5.32 Å². The Bertz CT molecular complexity index is 559. The molecule has 1 fully saturated rings. The third-order valence-electron chi connectivity index (χ3n) is 3.21. The van der Waals surface area contributed by atoms with Crippen molar-refractivity contribution in [2.45, 2.75) is 18.8 Å². The van der Waals surface area contributed by atoms with E-state index in [2.05, 4.69) is 15.5 Å². The number of aromatic nitrogens is 2. The van der Waals surface area contributed by atoms with Crippen LogP contribution >= 0.6 is 0 Å². The van der Waals surface area contributed by atoms with Gasteiger partial charge >= 0.3 is 0 Å². The fraction of sp³-hybridized carbons (Fsp3) is 0.385. The van der Waals surface area contributed by atoms with Crippen LogP contribution in [0.25, 0.3) is 11.5 Å². The molecule has 1 aromatic heterocycles. The lowest BCUT2D eigenvalue weighted by Crippen LogP contribution is -2.28. The Balaban J connectivity index is 1.87. The fourth-order valence-electron chi connectivity index (χ4n) is 2.27. The number of halogens is 2.